The SMILES string of the molecule is C/C(=C\Cc1c(O)c(C=O)c(C)c(Cl)c1OC(=O)c1ccncc1)CC/C=C(\C)[C@@H]1CC(=O)C(C)(C)O1. The fourth-order valence-electron chi connectivity index (χ4n) is 4.12. The van der Waals surface area contributed by atoms with Gasteiger partial charge in [-0.25, -0.2) is 4.79 Å². The van der Waals surface area contributed by atoms with Crippen LogP contribution >= 0.6 is 11.6 Å². The van der Waals surface area contributed by atoms with Gasteiger partial charge in [-0.1, -0.05) is 29.3 Å². The highest BCUT2D eigenvalue weighted by Crippen LogP contribution is 2.42. The standard InChI is InChI=1S/C29H32ClNO6/c1-17(7-6-8-18(2)23-15-24(33)29(4,5)37-23)9-10-21-26(34)22(16-32)19(3)25(30)27(21)36-28(35)20-11-13-31-14-12-20/h8-9,11-14,16,23,34H,6-7,10,15H2,1-5H3/b17-9+,18-8+/t23-/m0/s1. The van der Waals surface area contributed by atoms with Crippen molar-refractivity contribution in [1.29, 1.82) is 0 Å². The quantitative estimate of drug-likeness (QED) is 0.182. The van der Waals surface area contributed by atoms with Crippen molar-refractivity contribution in [2.45, 2.75) is 72.0 Å². The molecule has 7 nitrogen and oxygen atoms in total. The molecule has 3 rings (SSSR count). The number of hydrogen-bond donors (Lipinski definition) is 1. The Bertz CT molecular complexity index is 1260. The average molecular weight is 526 g/mol. The molecule has 0 radical (unpaired) electrons. The summed E-state index contributed by atoms with van der Waals surface area (Å²) < 4.78 is 11.5. The lowest BCUT2D eigenvalue weighted by molar-refractivity contribution is -0.129. The Morgan fingerprint density at radius 2 is 1.95 bits per heavy atom. The Hall–Kier alpha value is -3.29. The number of ether oxygens (including phenoxy) is 2. The summed E-state index contributed by atoms with van der Waals surface area (Å²) in [6.07, 6.45) is 9.32. The minimum Gasteiger partial charge on any atom is -0.507 e. The van der Waals surface area contributed by atoms with Gasteiger partial charge in [-0.15, -0.1) is 0 Å². The number of aldehydes is 1. The van der Waals surface area contributed by atoms with Crippen molar-refractivity contribution >= 4 is 29.6 Å². The summed E-state index contributed by atoms with van der Waals surface area (Å²) in [5.41, 5.74) is 2.23. The molecule has 0 unspecified atom stereocenters. The van der Waals surface area contributed by atoms with Gasteiger partial charge in [-0.3, -0.25) is 14.6 Å². The summed E-state index contributed by atoms with van der Waals surface area (Å²) in [6, 6.07) is 3.02. The summed E-state index contributed by atoms with van der Waals surface area (Å²) in [4.78, 5) is 40.3. The predicted octanol–water partition coefficient (Wildman–Crippen LogP) is 6.13. The zero-order valence-electron chi connectivity index (χ0n) is 21.8. The van der Waals surface area contributed by atoms with Crippen molar-refractivity contribution in [2.24, 2.45) is 0 Å². The summed E-state index contributed by atoms with van der Waals surface area (Å²) in [5.74, 6) is -0.789. The number of pyridine rings is 1. The molecule has 1 atom stereocenters. The number of carbonyl (C=O) groups excluding carboxylic acids is 3. The number of ketones is 1. The Kier molecular flexibility index (Phi) is 9.05. The first-order chi connectivity index (χ1) is 17.5. The lowest BCUT2D eigenvalue weighted by Gasteiger charge is -2.18. The van der Waals surface area contributed by atoms with Gasteiger partial charge in [-0.2, -0.15) is 0 Å². The second kappa shape index (κ2) is 11.8. The zero-order chi connectivity index (χ0) is 27.3. The maximum Gasteiger partial charge on any atom is 0.343 e. The lowest BCUT2D eigenvalue weighted by Crippen LogP contribution is -2.27. The molecule has 2 aromatic rings. The minimum atomic E-state index is -0.744. The van der Waals surface area contributed by atoms with Gasteiger partial charge >= 0.3 is 5.97 Å². The summed E-state index contributed by atoms with van der Waals surface area (Å²) in [5, 5.41) is 10.9. The van der Waals surface area contributed by atoms with E-state index in [0.717, 1.165) is 24.0 Å². The normalized spacial score (nSPS) is 17.7. The van der Waals surface area contributed by atoms with Gasteiger partial charge in [-0.05, 0) is 77.2 Å². The predicted molar refractivity (Wildman–Crippen MR) is 141 cm³/mol. The van der Waals surface area contributed by atoms with Crippen molar-refractivity contribution in [3.63, 3.8) is 0 Å². The molecule has 1 aromatic carbocycles. The van der Waals surface area contributed by atoms with Crippen molar-refractivity contribution in [3.8, 4) is 11.5 Å². The van der Waals surface area contributed by atoms with Gasteiger partial charge in [0.25, 0.3) is 0 Å². The van der Waals surface area contributed by atoms with Crippen LogP contribution < -0.4 is 4.74 Å². The first-order valence-corrected chi connectivity index (χ1v) is 12.5. The molecule has 1 aliphatic heterocycles. The van der Waals surface area contributed by atoms with E-state index >= 15 is 0 Å². The van der Waals surface area contributed by atoms with Crippen molar-refractivity contribution < 1.29 is 29.0 Å². The number of halogens is 1. The van der Waals surface area contributed by atoms with Gasteiger partial charge in [0.15, 0.2) is 17.8 Å². The minimum absolute atomic E-state index is 0.0227. The number of carbonyl (C=O) groups is 3. The number of phenols is 1. The van der Waals surface area contributed by atoms with Crippen LogP contribution in [0.1, 0.15) is 78.8 Å². The second-order valence-electron chi connectivity index (χ2n) is 9.74. The van der Waals surface area contributed by atoms with E-state index < -0.39 is 11.6 Å². The Labute approximate surface area is 222 Å². The smallest absolute Gasteiger partial charge is 0.343 e. The molecule has 1 N–H and O–H groups in total. The topological polar surface area (TPSA) is 103 Å². The third-order valence-corrected chi connectivity index (χ3v) is 7.08. The number of benzene rings is 1. The maximum atomic E-state index is 12.7. The van der Waals surface area contributed by atoms with E-state index in [1.807, 2.05) is 19.9 Å². The molecule has 1 fully saturated rings. The molecule has 0 spiro atoms. The van der Waals surface area contributed by atoms with Crippen molar-refractivity contribution in [2.75, 3.05) is 0 Å². The maximum absolute atomic E-state index is 12.7. The number of rotatable bonds is 9. The molecule has 0 bridgehead atoms. The third-order valence-electron chi connectivity index (χ3n) is 6.62. The van der Waals surface area contributed by atoms with Crippen molar-refractivity contribution in [3.05, 3.63) is 75.1 Å². The van der Waals surface area contributed by atoms with E-state index in [9.17, 15) is 19.5 Å². The molecule has 0 amide bonds. The number of aromatic nitrogens is 1. The molecular formula is C29H32ClNO6. The number of phenolic OH excluding ortho intramolecular Hbond substituents is 1. The fourth-order valence-corrected chi connectivity index (χ4v) is 4.37. The van der Waals surface area contributed by atoms with Crippen LogP contribution in [0.4, 0.5) is 0 Å². The van der Waals surface area contributed by atoms with Crippen molar-refractivity contribution in [1.82, 2.24) is 4.98 Å². The third kappa shape index (κ3) is 6.53. The van der Waals surface area contributed by atoms with Gasteiger partial charge in [0.2, 0.25) is 0 Å². The zero-order valence-corrected chi connectivity index (χ0v) is 22.5. The number of hydrogen-bond acceptors (Lipinski definition) is 7. The first kappa shape index (κ1) is 28.3. The number of esters is 1. The Balaban J connectivity index is 1.77. The van der Waals surface area contributed by atoms with Crippen LogP contribution in [0.2, 0.25) is 5.02 Å². The van der Waals surface area contributed by atoms with Crippen LogP contribution in [0.25, 0.3) is 0 Å². The van der Waals surface area contributed by atoms with Gasteiger partial charge in [0.1, 0.15) is 11.4 Å². The average Bonchev–Trinajstić information content (AvgIpc) is 3.15. The van der Waals surface area contributed by atoms with Crippen LogP contribution in [0.5, 0.6) is 11.5 Å². The number of Topliss-reactive ketones (excluding diaryl/α,β-unsaturated/α-hetero) is 1. The molecule has 196 valence electrons. The summed E-state index contributed by atoms with van der Waals surface area (Å²) in [7, 11) is 0. The highest BCUT2D eigenvalue weighted by Gasteiger charge is 2.40. The van der Waals surface area contributed by atoms with E-state index in [-0.39, 0.29) is 51.5 Å². The van der Waals surface area contributed by atoms with Crippen LogP contribution in [-0.4, -0.2) is 39.8 Å². The van der Waals surface area contributed by atoms with E-state index in [0.29, 0.717) is 18.3 Å². The van der Waals surface area contributed by atoms with Gasteiger partial charge < -0.3 is 14.6 Å². The van der Waals surface area contributed by atoms with Gasteiger partial charge in [0, 0.05) is 24.4 Å². The van der Waals surface area contributed by atoms with Crippen LogP contribution in [0.15, 0.2) is 47.8 Å². The molecule has 2 heterocycles. The lowest BCUT2D eigenvalue weighted by atomic mass is 9.98. The second-order valence-corrected chi connectivity index (χ2v) is 10.1. The monoisotopic (exact) mass is 525 g/mol. The van der Waals surface area contributed by atoms with E-state index in [1.165, 1.54) is 24.5 Å². The molecule has 37 heavy (non-hydrogen) atoms. The van der Waals surface area contributed by atoms with E-state index in [1.54, 1.807) is 20.8 Å². The van der Waals surface area contributed by atoms with E-state index in [2.05, 4.69) is 11.1 Å². The number of nitrogens with zero attached hydrogens (tertiary/aromatic N) is 1. The summed E-state index contributed by atoms with van der Waals surface area (Å²) >= 11 is 6.49. The molecule has 0 aliphatic carbocycles. The fraction of sp³-hybridized carbons (Fsp3) is 0.379. The van der Waals surface area contributed by atoms with Crippen LogP contribution in [0, 0.1) is 6.92 Å². The Morgan fingerprint density at radius 3 is 2.54 bits per heavy atom. The number of allylic oxidation sites excluding steroid dienone is 3. The molecular weight excluding hydrogens is 494 g/mol. The Morgan fingerprint density at radius 1 is 1.27 bits per heavy atom. The molecule has 8 heteroatoms. The highest BCUT2D eigenvalue weighted by molar-refractivity contribution is 6.33. The van der Waals surface area contributed by atoms with E-state index in [4.69, 9.17) is 21.1 Å². The molecule has 1 saturated heterocycles. The first-order valence-electron chi connectivity index (χ1n) is 12.1. The number of aromatic hydroxyl groups is 1. The summed E-state index contributed by atoms with van der Waals surface area (Å²) in [6.45, 7) is 9.09. The van der Waals surface area contributed by atoms with Crippen LogP contribution in [-0.2, 0) is 16.0 Å². The molecule has 1 aliphatic rings. The van der Waals surface area contributed by atoms with Crippen LogP contribution in [0.3, 0.4) is 0 Å². The van der Waals surface area contributed by atoms with Gasteiger partial charge in [0.05, 0.1) is 22.3 Å². The molecule has 0 saturated carbocycles. The highest BCUT2D eigenvalue weighted by atomic mass is 35.5. The molecule has 1 aromatic heterocycles. The largest absolute Gasteiger partial charge is 0.507 e.